The molecule has 0 saturated heterocycles. The topological polar surface area (TPSA) is 24.9 Å². The van der Waals surface area contributed by atoms with Crippen molar-refractivity contribution in [1.29, 1.82) is 0 Å². The van der Waals surface area contributed by atoms with Gasteiger partial charge in [-0.05, 0) is 30.5 Å². The van der Waals surface area contributed by atoms with Crippen LogP contribution in [-0.4, -0.2) is 11.5 Å². The molecular weight excluding hydrogens is 184 g/mol. The van der Waals surface area contributed by atoms with Gasteiger partial charge in [0.1, 0.15) is 0 Å². The zero-order valence-corrected chi connectivity index (χ0v) is 10.0. The van der Waals surface area contributed by atoms with Crippen LogP contribution in [0.5, 0.6) is 0 Å². The van der Waals surface area contributed by atoms with E-state index < -0.39 is 0 Å². The summed E-state index contributed by atoms with van der Waals surface area (Å²) in [4.78, 5) is 4.19. The second-order valence-corrected chi connectivity index (χ2v) is 4.09. The molecule has 0 radical (unpaired) electrons. The minimum Gasteiger partial charge on any atom is -0.310 e. The van der Waals surface area contributed by atoms with Crippen molar-refractivity contribution in [3.05, 3.63) is 30.1 Å². The molecule has 1 aromatic heterocycles. The number of hydrogen-bond donors (Lipinski definition) is 1. The minimum atomic E-state index is 0.448. The molecule has 0 aromatic carbocycles. The zero-order chi connectivity index (χ0) is 11.1. The quantitative estimate of drug-likeness (QED) is 0.773. The number of pyridine rings is 1. The van der Waals surface area contributed by atoms with Crippen molar-refractivity contribution < 1.29 is 0 Å². The van der Waals surface area contributed by atoms with Crippen LogP contribution in [0.3, 0.4) is 0 Å². The van der Waals surface area contributed by atoms with E-state index in [1.807, 2.05) is 18.5 Å². The molecule has 0 fully saturated rings. The normalized spacial score (nSPS) is 14.9. The highest BCUT2D eigenvalue weighted by atomic mass is 14.9. The van der Waals surface area contributed by atoms with E-state index in [-0.39, 0.29) is 0 Å². The summed E-state index contributed by atoms with van der Waals surface area (Å²) < 4.78 is 0. The number of nitrogens with one attached hydrogen (secondary N) is 1. The van der Waals surface area contributed by atoms with Crippen LogP contribution < -0.4 is 5.32 Å². The van der Waals surface area contributed by atoms with E-state index in [0.717, 1.165) is 6.54 Å². The molecule has 0 aliphatic heterocycles. The Morgan fingerprint density at radius 2 is 2.20 bits per heavy atom. The molecule has 2 unspecified atom stereocenters. The SMILES string of the molecule is CCCC(C)C(NCC)c1cccnc1. The average molecular weight is 206 g/mol. The lowest BCUT2D eigenvalue weighted by atomic mass is 9.92. The number of aromatic nitrogens is 1. The highest BCUT2D eigenvalue weighted by Crippen LogP contribution is 2.24. The number of nitrogens with zero attached hydrogens (tertiary/aromatic N) is 1. The van der Waals surface area contributed by atoms with Crippen LogP contribution in [0.4, 0.5) is 0 Å². The third-order valence-electron chi connectivity index (χ3n) is 2.78. The van der Waals surface area contributed by atoms with Gasteiger partial charge in [0.2, 0.25) is 0 Å². The standard InChI is InChI=1S/C13H22N2/c1-4-7-11(3)13(15-5-2)12-8-6-9-14-10-12/h6,8-11,13,15H,4-5,7H2,1-3H3. The van der Waals surface area contributed by atoms with Crippen molar-refractivity contribution in [2.24, 2.45) is 5.92 Å². The largest absolute Gasteiger partial charge is 0.310 e. The summed E-state index contributed by atoms with van der Waals surface area (Å²) in [5.74, 6) is 0.666. The highest BCUT2D eigenvalue weighted by molar-refractivity contribution is 5.14. The fourth-order valence-corrected chi connectivity index (χ4v) is 2.05. The van der Waals surface area contributed by atoms with Crippen LogP contribution in [0.15, 0.2) is 24.5 Å². The smallest absolute Gasteiger partial charge is 0.0361 e. The van der Waals surface area contributed by atoms with Gasteiger partial charge in [-0.25, -0.2) is 0 Å². The van der Waals surface area contributed by atoms with Gasteiger partial charge in [-0.2, -0.15) is 0 Å². The Balaban J connectivity index is 2.73. The first-order valence-electron chi connectivity index (χ1n) is 5.92. The molecule has 0 saturated carbocycles. The van der Waals surface area contributed by atoms with E-state index >= 15 is 0 Å². The van der Waals surface area contributed by atoms with Crippen LogP contribution in [0, 0.1) is 5.92 Å². The molecular formula is C13H22N2. The molecule has 84 valence electrons. The molecule has 0 aliphatic carbocycles. The van der Waals surface area contributed by atoms with Gasteiger partial charge in [-0.15, -0.1) is 0 Å². The number of hydrogen-bond acceptors (Lipinski definition) is 2. The summed E-state index contributed by atoms with van der Waals surface area (Å²) in [5.41, 5.74) is 1.31. The molecule has 1 N–H and O–H groups in total. The average Bonchev–Trinajstić information content (AvgIpc) is 2.27. The van der Waals surface area contributed by atoms with Crippen LogP contribution in [0.25, 0.3) is 0 Å². The second kappa shape index (κ2) is 6.57. The first-order chi connectivity index (χ1) is 7.29. The number of rotatable bonds is 6. The summed E-state index contributed by atoms with van der Waals surface area (Å²) >= 11 is 0. The van der Waals surface area contributed by atoms with E-state index in [0.29, 0.717) is 12.0 Å². The maximum atomic E-state index is 4.19. The van der Waals surface area contributed by atoms with Gasteiger partial charge in [-0.3, -0.25) is 4.98 Å². The first kappa shape index (κ1) is 12.2. The van der Waals surface area contributed by atoms with Gasteiger partial charge in [0, 0.05) is 18.4 Å². The minimum absolute atomic E-state index is 0.448. The van der Waals surface area contributed by atoms with E-state index in [4.69, 9.17) is 0 Å². The van der Waals surface area contributed by atoms with E-state index in [1.54, 1.807) is 0 Å². The summed E-state index contributed by atoms with van der Waals surface area (Å²) in [6, 6.07) is 4.62. The highest BCUT2D eigenvalue weighted by Gasteiger charge is 2.17. The van der Waals surface area contributed by atoms with Crippen molar-refractivity contribution in [2.75, 3.05) is 6.54 Å². The molecule has 1 heterocycles. The third kappa shape index (κ3) is 3.63. The molecule has 0 aliphatic rings. The van der Waals surface area contributed by atoms with Crippen LogP contribution >= 0.6 is 0 Å². The van der Waals surface area contributed by atoms with Gasteiger partial charge >= 0.3 is 0 Å². The van der Waals surface area contributed by atoms with Crippen molar-refractivity contribution in [3.63, 3.8) is 0 Å². The van der Waals surface area contributed by atoms with Crippen LogP contribution in [-0.2, 0) is 0 Å². The summed E-state index contributed by atoms with van der Waals surface area (Å²) in [6.07, 6.45) is 6.30. The van der Waals surface area contributed by atoms with Crippen LogP contribution in [0.2, 0.25) is 0 Å². The molecule has 0 bridgehead atoms. The Hall–Kier alpha value is -0.890. The molecule has 0 amide bonds. The van der Waals surface area contributed by atoms with Crippen molar-refractivity contribution in [3.8, 4) is 0 Å². The van der Waals surface area contributed by atoms with Gasteiger partial charge in [0.05, 0.1) is 0 Å². The maximum absolute atomic E-state index is 4.19. The molecule has 2 nitrogen and oxygen atoms in total. The fraction of sp³-hybridized carbons (Fsp3) is 0.615. The molecule has 2 atom stereocenters. The van der Waals surface area contributed by atoms with E-state index in [1.165, 1.54) is 18.4 Å². The van der Waals surface area contributed by atoms with E-state index in [2.05, 4.69) is 37.1 Å². The monoisotopic (exact) mass is 206 g/mol. The Labute approximate surface area is 93.1 Å². The Morgan fingerprint density at radius 3 is 2.73 bits per heavy atom. The molecule has 1 rings (SSSR count). The lowest BCUT2D eigenvalue weighted by Crippen LogP contribution is -2.26. The van der Waals surface area contributed by atoms with E-state index in [9.17, 15) is 0 Å². The van der Waals surface area contributed by atoms with Crippen LogP contribution in [0.1, 0.15) is 45.2 Å². The van der Waals surface area contributed by atoms with Crippen molar-refractivity contribution in [2.45, 2.75) is 39.7 Å². The predicted octanol–water partition coefficient (Wildman–Crippen LogP) is 3.17. The molecule has 15 heavy (non-hydrogen) atoms. The molecule has 0 spiro atoms. The molecule has 2 heteroatoms. The van der Waals surface area contributed by atoms with Gasteiger partial charge in [0.25, 0.3) is 0 Å². The lowest BCUT2D eigenvalue weighted by molar-refractivity contribution is 0.368. The second-order valence-electron chi connectivity index (χ2n) is 4.09. The first-order valence-corrected chi connectivity index (χ1v) is 5.92. The van der Waals surface area contributed by atoms with Gasteiger partial charge in [0.15, 0.2) is 0 Å². The Morgan fingerprint density at radius 1 is 1.40 bits per heavy atom. The zero-order valence-electron chi connectivity index (χ0n) is 10.0. The Kier molecular flexibility index (Phi) is 5.33. The lowest BCUT2D eigenvalue weighted by Gasteiger charge is -2.24. The van der Waals surface area contributed by atoms with Crippen molar-refractivity contribution in [1.82, 2.24) is 10.3 Å². The maximum Gasteiger partial charge on any atom is 0.0361 e. The van der Waals surface area contributed by atoms with Gasteiger partial charge in [-0.1, -0.05) is 33.3 Å². The van der Waals surface area contributed by atoms with Gasteiger partial charge < -0.3 is 5.32 Å². The molecule has 1 aromatic rings. The summed E-state index contributed by atoms with van der Waals surface area (Å²) in [7, 11) is 0. The van der Waals surface area contributed by atoms with Crippen molar-refractivity contribution >= 4 is 0 Å². The fourth-order valence-electron chi connectivity index (χ4n) is 2.05. The predicted molar refractivity (Wildman–Crippen MR) is 64.7 cm³/mol. The third-order valence-corrected chi connectivity index (χ3v) is 2.78. The Bertz CT molecular complexity index is 258. The summed E-state index contributed by atoms with van der Waals surface area (Å²) in [5, 5.41) is 3.54. The summed E-state index contributed by atoms with van der Waals surface area (Å²) in [6.45, 7) is 7.71.